The number of aromatic nitrogens is 2. The van der Waals surface area contributed by atoms with Gasteiger partial charge in [-0.2, -0.15) is 0 Å². The maximum absolute atomic E-state index is 6.38. The van der Waals surface area contributed by atoms with Gasteiger partial charge >= 0.3 is 0 Å². The number of ether oxygens (including phenoxy) is 1. The van der Waals surface area contributed by atoms with Gasteiger partial charge in [0.1, 0.15) is 11.8 Å². The zero-order valence-electron chi connectivity index (χ0n) is 22.1. The highest BCUT2D eigenvalue weighted by molar-refractivity contribution is 6.31. The number of halogens is 1. The molecule has 5 heteroatoms. The SMILES string of the molecule is CCCc1ccc(CC(Nc2ccc(-c3nccnc3OC(C)c3ccccc3Cl)cc2)=C2CCC2)cc1. The third kappa shape index (κ3) is 6.25. The Morgan fingerprint density at radius 1 is 0.921 bits per heavy atom. The highest BCUT2D eigenvalue weighted by Crippen LogP contribution is 2.34. The van der Waals surface area contributed by atoms with Crippen LogP contribution in [-0.2, 0) is 12.8 Å². The molecule has 0 saturated heterocycles. The number of allylic oxidation sites excluding steroid dienone is 2. The Morgan fingerprint density at radius 3 is 2.32 bits per heavy atom. The second-order valence-electron chi connectivity index (χ2n) is 9.87. The largest absolute Gasteiger partial charge is 0.468 e. The first-order valence-electron chi connectivity index (χ1n) is 13.5. The average molecular weight is 524 g/mol. The molecule has 0 aliphatic heterocycles. The Balaban J connectivity index is 1.31. The van der Waals surface area contributed by atoms with Crippen LogP contribution in [0.15, 0.2) is 96.5 Å². The van der Waals surface area contributed by atoms with Crippen molar-refractivity contribution < 1.29 is 4.74 Å². The van der Waals surface area contributed by atoms with Crippen molar-refractivity contribution in [2.24, 2.45) is 0 Å². The van der Waals surface area contributed by atoms with Crippen molar-refractivity contribution in [2.75, 3.05) is 5.32 Å². The molecule has 0 radical (unpaired) electrons. The van der Waals surface area contributed by atoms with E-state index in [1.54, 1.807) is 12.4 Å². The van der Waals surface area contributed by atoms with Gasteiger partial charge in [-0.3, -0.25) is 0 Å². The van der Waals surface area contributed by atoms with Crippen LogP contribution in [0.4, 0.5) is 5.69 Å². The number of hydrogen-bond acceptors (Lipinski definition) is 4. The summed E-state index contributed by atoms with van der Waals surface area (Å²) in [5.41, 5.74) is 9.26. The molecule has 4 aromatic rings. The fraction of sp³-hybridized carbons (Fsp3) is 0.273. The number of nitrogens with zero attached hydrogens (tertiary/aromatic N) is 2. The molecule has 1 unspecified atom stereocenters. The first kappa shape index (κ1) is 26.0. The lowest BCUT2D eigenvalue weighted by Gasteiger charge is -2.24. The van der Waals surface area contributed by atoms with Crippen molar-refractivity contribution in [3.63, 3.8) is 0 Å². The highest BCUT2D eigenvalue weighted by Gasteiger charge is 2.18. The Hall–Kier alpha value is -3.63. The van der Waals surface area contributed by atoms with Gasteiger partial charge in [0.2, 0.25) is 5.88 Å². The monoisotopic (exact) mass is 523 g/mol. The van der Waals surface area contributed by atoms with Gasteiger partial charge in [-0.1, -0.05) is 85.1 Å². The maximum atomic E-state index is 6.38. The first-order chi connectivity index (χ1) is 18.6. The molecule has 1 heterocycles. The van der Waals surface area contributed by atoms with E-state index in [0.717, 1.165) is 29.7 Å². The van der Waals surface area contributed by atoms with Crippen LogP contribution in [-0.4, -0.2) is 9.97 Å². The van der Waals surface area contributed by atoms with Crippen LogP contribution in [0, 0.1) is 0 Å². The number of anilines is 1. The second-order valence-corrected chi connectivity index (χ2v) is 10.3. The van der Waals surface area contributed by atoms with Crippen molar-refractivity contribution >= 4 is 17.3 Å². The Bertz CT molecular complexity index is 1390. The molecule has 5 rings (SSSR count). The highest BCUT2D eigenvalue weighted by atomic mass is 35.5. The molecule has 0 spiro atoms. The molecular formula is C33H34ClN3O. The fourth-order valence-electron chi connectivity index (χ4n) is 4.76. The van der Waals surface area contributed by atoms with Crippen LogP contribution >= 0.6 is 11.6 Å². The summed E-state index contributed by atoms with van der Waals surface area (Å²) in [6.07, 6.45) is 9.96. The van der Waals surface area contributed by atoms with E-state index in [0.29, 0.717) is 16.6 Å². The van der Waals surface area contributed by atoms with Gasteiger partial charge in [-0.15, -0.1) is 0 Å². The summed E-state index contributed by atoms with van der Waals surface area (Å²) >= 11 is 6.38. The minimum Gasteiger partial charge on any atom is -0.468 e. The van der Waals surface area contributed by atoms with E-state index in [4.69, 9.17) is 16.3 Å². The van der Waals surface area contributed by atoms with E-state index in [9.17, 15) is 0 Å². The van der Waals surface area contributed by atoms with Crippen molar-refractivity contribution in [1.82, 2.24) is 9.97 Å². The van der Waals surface area contributed by atoms with Gasteiger partial charge in [0.25, 0.3) is 0 Å². The normalized spacial score (nSPS) is 13.5. The Morgan fingerprint density at radius 2 is 1.63 bits per heavy atom. The molecule has 1 aromatic heterocycles. The standard InChI is InChI=1S/C33H34ClN3O/c1-3-7-24-12-14-25(15-13-24)22-31(26-8-6-9-26)37-28-18-16-27(17-19-28)32-33(36-21-20-35-32)38-23(2)29-10-4-5-11-30(29)34/h4-5,10-21,23,37H,3,6-9,22H2,1-2H3. The van der Waals surface area contributed by atoms with Crippen molar-refractivity contribution in [2.45, 2.75) is 58.5 Å². The molecule has 1 fully saturated rings. The van der Waals surface area contributed by atoms with E-state index < -0.39 is 0 Å². The van der Waals surface area contributed by atoms with Gasteiger partial charge in [-0.05, 0) is 61.9 Å². The van der Waals surface area contributed by atoms with Gasteiger partial charge in [-0.25, -0.2) is 9.97 Å². The molecule has 1 atom stereocenters. The smallest absolute Gasteiger partial charge is 0.241 e. The van der Waals surface area contributed by atoms with Crippen LogP contribution < -0.4 is 10.1 Å². The Kier molecular flexibility index (Phi) is 8.40. The van der Waals surface area contributed by atoms with E-state index in [1.807, 2.05) is 31.2 Å². The van der Waals surface area contributed by atoms with Gasteiger partial charge in [0, 0.05) is 46.3 Å². The maximum Gasteiger partial charge on any atom is 0.241 e. The van der Waals surface area contributed by atoms with Gasteiger partial charge in [0.05, 0.1) is 0 Å². The van der Waals surface area contributed by atoms with Crippen LogP contribution in [0.3, 0.4) is 0 Å². The molecule has 0 bridgehead atoms. The van der Waals surface area contributed by atoms with E-state index in [-0.39, 0.29) is 6.10 Å². The number of benzene rings is 3. The van der Waals surface area contributed by atoms with Crippen molar-refractivity contribution in [1.29, 1.82) is 0 Å². The van der Waals surface area contributed by atoms with Gasteiger partial charge < -0.3 is 10.1 Å². The molecule has 1 saturated carbocycles. The minimum absolute atomic E-state index is 0.257. The predicted octanol–water partition coefficient (Wildman–Crippen LogP) is 8.98. The number of hydrogen-bond donors (Lipinski definition) is 1. The number of nitrogens with one attached hydrogen (secondary N) is 1. The summed E-state index contributed by atoms with van der Waals surface area (Å²) in [7, 11) is 0. The summed E-state index contributed by atoms with van der Waals surface area (Å²) in [6.45, 7) is 4.20. The quantitative estimate of drug-likeness (QED) is 0.225. The summed E-state index contributed by atoms with van der Waals surface area (Å²) in [6, 6.07) is 25.1. The average Bonchev–Trinajstić information content (AvgIpc) is 2.90. The van der Waals surface area contributed by atoms with E-state index in [1.165, 1.54) is 48.1 Å². The lowest BCUT2D eigenvalue weighted by atomic mass is 9.88. The predicted molar refractivity (Wildman–Crippen MR) is 157 cm³/mol. The lowest BCUT2D eigenvalue weighted by molar-refractivity contribution is 0.218. The molecule has 1 N–H and O–H groups in total. The Labute approximate surface area is 230 Å². The lowest BCUT2D eigenvalue weighted by Crippen LogP contribution is -2.12. The zero-order valence-corrected chi connectivity index (χ0v) is 22.8. The zero-order chi connectivity index (χ0) is 26.3. The molecule has 38 heavy (non-hydrogen) atoms. The molecule has 194 valence electrons. The third-order valence-electron chi connectivity index (χ3n) is 7.08. The van der Waals surface area contributed by atoms with Crippen LogP contribution in [0.2, 0.25) is 5.02 Å². The van der Waals surface area contributed by atoms with Gasteiger partial charge in [0.15, 0.2) is 0 Å². The molecule has 0 amide bonds. The molecule has 4 nitrogen and oxygen atoms in total. The molecule has 1 aliphatic rings. The summed E-state index contributed by atoms with van der Waals surface area (Å²) < 4.78 is 6.22. The molecule has 1 aliphatic carbocycles. The van der Waals surface area contributed by atoms with E-state index in [2.05, 4.69) is 70.7 Å². The van der Waals surface area contributed by atoms with Crippen molar-refractivity contribution in [3.05, 3.63) is 118 Å². The third-order valence-corrected chi connectivity index (χ3v) is 7.42. The first-order valence-corrected chi connectivity index (χ1v) is 13.9. The fourth-order valence-corrected chi connectivity index (χ4v) is 5.05. The second kappa shape index (κ2) is 12.3. The summed E-state index contributed by atoms with van der Waals surface area (Å²) in [5, 5.41) is 4.40. The number of rotatable bonds is 10. The summed E-state index contributed by atoms with van der Waals surface area (Å²) in [4.78, 5) is 9.06. The van der Waals surface area contributed by atoms with Crippen LogP contribution in [0.25, 0.3) is 11.3 Å². The van der Waals surface area contributed by atoms with E-state index >= 15 is 0 Å². The minimum atomic E-state index is -0.257. The van der Waals surface area contributed by atoms with Crippen LogP contribution in [0.1, 0.15) is 62.3 Å². The topological polar surface area (TPSA) is 47.0 Å². The van der Waals surface area contributed by atoms with Crippen LogP contribution in [0.5, 0.6) is 5.88 Å². The summed E-state index contributed by atoms with van der Waals surface area (Å²) in [5.74, 6) is 0.490. The molecule has 3 aromatic carbocycles. The van der Waals surface area contributed by atoms with Crippen molar-refractivity contribution in [3.8, 4) is 17.1 Å². The number of aryl methyl sites for hydroxylation is 1. The molecular weight excluding hydrogens is 490 g/mol.